The molecule has 218 valence electrons. The van der Waals surface area contributed by atoms with Gasteiger partial charge in [-0.05, 0) is 77.6 Å². The van der Waals surface area contributed by atoms with Gasteiger partial charge in [0.15, 0.2) is 0 Å². The van der Waals surface area contributed by atoms with Crippen molar-refractivity contribution in [2.24, 2.45) is 11.8 Å². The van der Waals surface area contributed by atoms with E-state index < -0.39 is 17.9 Å². The van der Waals surface area contributed by atoms with Crippen LogP contribution in [0.2, 0.25) is 0 Å². The minimum absolute atomic E-state index is 0.000758. The fraction of sp³-hybridized carbons (Fsp3) is 0.270. The molecule has 0 radical (unpaired) electrons. The molecule has 2 N–H and O–H groups in total. The van der Waals surface area contributed by atoms with E-state index >= 15 is 0 Å². The molecule has 0 aromatic heterocycles. The molecule has 43 heavy (non-hydrogen) atoms. The first-order valence-corrected chi connectivity index (χ1v) is 15.1. The van der Waals surface area contributed by atoms with Gasteiger partial charge in [-0.1, -0.05) is 91.3 Å². The molecule has 6 heteroatoms. The molecule has 2 fully saturated rings. The number of carbonyl (C=O) groups excluding carboxylic acids is 2. The molecule has 0 heterocycles. The number of aliphatic carboxylic acids is 1. The van der Waals surface area contributed by atoms with Crippen LogP contribution in [0.25, 0.3) is 11.1 Å². The van der Waals surface area contributed by atoms with Crippen molar-refractivity contribution in [3.63, 3.8) is 0 Å². The lowest BCUT2D eigenvalue weighted by molar-refractivity contribution is -0.139. The van der Waals surface area contributed by atoms with Crippen LogP contribution in [-0.2, 0) is 17.8 Å². The van der Waals surface area contributed by atoms with E-state index in [4.69, 9.17) is 0 Å². The van der Waals surface area contributed by atoms with Gasteiger partial charge in [0.25, 0.3) is 11.8 Å². The van der Waals surface area contributed by atoms with Crippen molar-refractivity contribution in [1.82, 2.24) is 10.2 Å². The third kappa shape index (κ3) is 6.54. The normalized spacial score (nSPS) is 19.5. The standard InChI is InChI=1S/C37H36N2O4/c40-35(38-33(37(42)43)22-25-8-3-1-4-9-25)32-13-7-10-27(21-32)24-39(34-23-26-14-15-31(34)20-26)36(41)30-18-16-29(17-19-30)28-11-5-2-6-12-28/h1-13,16-19,21,26,31,33-34H,14-15,20,22-24H2,(H,38,40)(H,42,43)/t26?,31?,33-,34?/m0/s1. The predicted molar refractivity (Wildman–Crippen MR) is 166 cm³/mol. The Balaban J connectivity index is 1.21. The van der Waals surface area contributed by atoms with E-state index in [1.165, 1.54) is 12.8 Å². The number of rotatable bonds is 10. The molecule has 0 saturated heterocycles. The molecule has 2 aliphatic carbocycles. The van der Waals surface area contributed by atoms with Gasteiger partial charge in [-0.3, -0.25) is 9.59 Å². The van der Waals surface area contributed by atoms with Crippen molar-refractivity contribution in [3.8, 4) is 11.1 Å². The maximum atomic E-state index is 14.1. The van der Waals surface area contributed by atoms with Crippen LogP contribution >= 0.6 is 0 Å². The van der Waals surface area contributed by atoms with E-state index in [2.05, 4.69) is 17.4 Å². The van der Waals surface area contributed by atoms with Crippen molar-refractivity contribution < 1.29 is 19.5 Å². The maximum absolute atomic E-state index is 14.1. The Morgan fingerprint density at radius 2 is 1.42 bits per heavy atom. The van der Waals surface area contributed by atoms with Crippen LogP contribution in [0.15, 0.2) is 109 Å². The number of carbonyl (C=O) groups is 3. The summed E-state index contributed by atoms with van der Waals surface area (Å²) in [6.45, 7) is 0.390. The summed E-state index contributed by atoms with van der Waals surface area (Å²) in [7, 11) is 0. The molecule has 0 spiro atoms. The molecular formula is C37H36N2O4. The van der Waals surface area contributed by atoms with Gasteiger partial charge in [0, 0.05) is 30.1 Å². The van der Waals surface area contributed by atoms with Crippen LogP contribution < -0.4 is 5.32 Å². The first-order chi connectivity index (χ1) is 20.9. The first-order valence-electron chi connectivity index (χ1n) is 15.1. The Morgan fingerprint density at radius 3 is 2.07 bits per heavy atom. The van der Waals surface area contributed by atoms with E-state index in [-0.39, 0.29) is 18.4 Å². The molecule has 4 aromatic carbocycles. The summed E-state index contributed by atoms with van der Waals surface area (Å²) in [6.07, 6.45) is 4.75. The lowest BCUT2D eigenvalue weighted by Gasteiger charge is -2.35. The Morgan fingerprint density at radius 1 is 0.744 bits per heavy atom. The highest BCUT2D eigenvalue weighted by Crippen LogP contribution is 2.47. The number of fused-ring (bicyclic) bond motifs is 2. The number of carboxylic acids is 1. The van der Waals surface area contributed by atoms with Gasteiger partial charge < -0.3 is 15.3 Å². The summed E-state index contributed by atoms with van der Waals surface area (Å²) in [6, 6.07) is 33.5. The summed E-state index contributed by atoms with van der Waals surface area (Å²) < 4.78 is 0. The van der Waals surface area contributed by atoms with Crippen molar-refractivity contribution >= 4 is 17.8 Å². The second kappa shape index (κ2) is 12.7. The lowest BCUT2D eigenvalue weighted by Crippen LogP contribution is -2.43. The zero-order valence-corrected chi connectivity index (χ0v) is 24.1. The summed E-state index contributed by atoms with van der Waals surface area (Å²) >= 11 is 0. The predicted octanol–water partition coefficient (Wildman–Crippen LogP) is 6.61. The minimum atomic E-state index is -1.08. The fourth-order valence-electron chi connectivity index (χ4n) is 6.83. The van der Waals surface area contributed by atoms with Crippen LogP contribution in [0.1, 0.15) is 57.5 Å². The third-order valence-electron chi connectivity index (χ3n) is 9.03. The third-order valence-corrected chi connectivity index (χ3v) is 9.03. The summed E-state index contributed by atoms with van der Waals surface area (Å²) in [5.74, 6) is -0.362. The molecule has 4 atom stereocenters. The zero-order chi connectivity index (χ0) is 29.8. The molecule has 2 saturated carbocycles. The van der Waals surface area contributed by atoms with E-state index in [9.17, 15) is 19.5 Å². The average molecular weight is 573 g/mol. The molecular weight excluding hydrogens is 536 g/mol. The topological polar surface area (TPSA) is 86.7 Å². The fourth-order valence-corrected chi connectivity index (χ4v) is 6.83. The number of nitrogens with zero attached hydrogens (tertiary/aromatic N) is 1. The number of carboxylic acid groups (broad SMARTS) is 1. The van der Waals surface area contributed by atoms with Gasteiger partial charge in [0.2, 0.25) is 0 Å². The van der Waals surface area contributed by atoms with Crippen molar-refractivity contribution in [2.45, 2.75) is 50.7 Å². The number of benzene rings is 4. The number of amides is 2. The summed E-state index contributed by atoms with van der Waals surface area (Å²) in [4.78, 5) is 41.2. The van der Waals surface area contributed by atoms with E-state index in [1.54, 1.807) is 18.2 Å². The monoisotopic (exact) mass is 572 g/mol. The Hall–Kier alpha value is -4.71. The zero-order valence-electron chi connectivity index (χ0n) is 24.1. The van der Waals surface area contributed by atoms with Crippen molar-refractivity contribution in [1.29, 1.82) is 0 Å². The van der Waals surface area contributed by atoms with Crippen LogP contribution in [0.3, 0.4) is 0 Å². The van der Waals surface area contributed by atoms with Crippen molar-refractivity contribution in [3.05, 3.63) is 131 Å². The van der Waals surface area contributed by atoms with E-state index in [0.717, 1.165) is 35.1 Å². The molecule has 4 aromatic rings. The molecule has 6 nitrogen and oxygen atoms in total. The molecule has 2 aliphatic rings. The van der Waals surface area contributed by atoms with E-state index in [1.807, 2.05) is 83.8 Å². The van der Waals surface area contributed by atoms with Gasteiger partial charge in [0.05, 0.1) is 0 Å². The number of nitrogens with one attached hydrogen (secondary N) is 1. The Kier molecular flexibility index (Phi) is 8.36. The Labute approximate surface area is 252 Å². The smallest absolute Gasteiger partial charge is 0.326 e. The van der Waals surface area contributed by atoms with Gasteiger partial charge in [-0.25, -0.2) is 4.79 Å². The number of hydrogen-bond donors (Lipinski definition) is 2. The SMILES string of the molecule is O=C(N[C@@H](Cc1ccccc1)C(=O)O)c1cccc(CN(C(=O)c2ccc(-c3ccccc3)cc2)C2CC3CCC2C3)c1. The van der Waals surface area contributed by atoms with Gasteiger partial charge >= 0.3 is 5.97 Å². The first kappa shape index (κ1) is 28.4. The minimum Gasteiger partial charge on any atom is -0.480 e. The average Bonchev–Trinajstić information content (AvgIpc) is 3.68. The number of hydrogen-bond acceptors (Lipinski definition) is 3. The Bertz CT molecular complexity index is 1590. The molecule has 3 unspecified atom stereocenters. The quantitative estimate of drug-likeness (QED) is 0.224. The van der Waals surface area contributed by atoms with E-state index in [0.29, 0.717) is 29.5 Å². The largest absolute Gasteiger partial charge is 0.480 e. The highest BCUT2D eigenvalue weighted by Gasteiger charge is 2.44. The van der Waals surface area contributed by atoms with Crippen LogP contribution in [0, 0.1) is 11.8 Å². The molecule has 6 rings (SSSR count). The second-order valence-corrected chi connectivity index (χ2v) is 11.9. The van der Waals surface area contributed by atoms with Crippen LogP contribution in [0.5, 0.6) is 0 Å². The summed E-state index contributed by atoms with van der Waals surface area (Å²) in [5.41, 5.74) is 4.89. The van der Waals surface area contributed by atoms with Gasteiger partial charge in [0.1, 0.15) is 6.04 Å². The molecule has 2 amide bonds. The highest BCUT2D eigenvalue weighted by molar-refractivity contribution is 5.97. The molecule has 2 bridgehead atoms. The summed E-state index contributed by atoms with van der Waals surface area (Å²) in [5, 5.41) is 12.5. The van der Waals surface area contributed by atoms with Gasteiger partial charge in [-0.15, -0.1) is 0 Å². The van der Waals surface area contributed by atoms with Crippen LogP contribution in [0.4, 0.5) is 0 Å². The van der Waals surface area contributed by atoms with Crippen molar-refractivity contribution in [2.75, 3.05) is 0 Å². The lowest BCUT2D eigenvalue weighted by atomic mass is 9.92. The highest BCUT2D eigenvalue weighted by atomic mass is 16.4. The van der Waals surface area contributed by atoms with Crippen LogP contribution in [-0.4, -0.2) is 39.9 Å². The maximum Gasteiger partial charge on any atom is 0.326 e. The second-order valence-electron chi connectivity index (χ2n) is 11.9. The molecule has 0 aliphatic heterocycles. The van der Waals surface area contributed by atoms with Gasteiger partial charge in [-0.2, -0.15) is 0 Å².